The maximum Gasteiger partial charge on any atom is 0.269 e. The van der Waals surface area contributed by atoms with Gasteiger partial charge in [-0.2, -0.15) is 5.10 Å². The molecular weight excluding hydrogens is 230 g/mol. The van der Waals surface area contributed by atoms with Crippen LogP contribution in [0.15, 0.2) is 41.3 Å². The zero-order valence-corrected chi connectivity index (χ0v) is 10.1. The van der Waals surface area contributed by atoms with E-state index >= 15 is 0 Å². The Hall–Kier alpha value is -2.14. The topological polar surface area (TPSA) is 67.2 Å². The van der Waals surface area contributed by atoms with Gasteiger partial charge < -0.3 is 10.4 Å². The standard InChI is InChI=1S/C13H15N3O2/c1-14-12-6-13(18)16(15-7-12)8-10-2-4-11(9-17)5-3-10/h2-7,14,17H,8-9H2,1H3. The summed E-state index contributed by atoms with van der Waals surface area (Å²) in [6, 6.07) is 8.94. The molecule has 2 rings (SSSR count). The quantitative estimate of drug-likeness (QED) is 0.837. The maximum atomic E-state index is 11.7. The van der Waals surface area contributed by atoms with E-state index in [1.54, 1.807) is 13.2 Å². The number of aromatic nitrogens is 2. The Morgan fingerprint density at radius 1 is 1.28 bits per heavy atom. The Bertz CT molecular complexity index is 576. The summed E-state index contributed by atoms with van der Waals surface area (Å²) in [5.41, 5.74) is 2.38. The van der Waals surface area contributed by atoms with E-state index in [1.165, 1.54) is 10.7 Å². The van der Waals surface area contributed by atoms with Crippen LogP contribution in [0.3, 0.4) is 0 Å². The van der Waals surface area contributed by atoms with Gasteiger partial charge in [0, 0.05) is 13.1 Å². The highest BCUT2D eigenvalue weighted by molar-refractivity contribution is 5.37. The molecule has 0 radical (unpaired) electrons. The molecule has 0 unspecified atom stereocenters. The van der Waals surface area contributed by atoms with E-state index in [0.717, 1.165) is 11.1 Å². The molecule has 0 aliphatic heterocycles. The molecule has 0 aliphatic carbocycles. The number of hydrogen-bond donors (Lipinski definition) is 2. The third-order valence-corrected chi connectivity index (χ3v) is 2.70. The first kappa shape index (κ1) is 12.3. The average Bonchev–Trinajstić information content (AvgIpc) is 2.42. The number of benzene rings is 1. The number of anilines is 1. The summed E-state index contributed by atoms with van der Waals surface area (Å²) < 4.78 is 1.40. The van der Waals surface area contributed by atoms with E-state index in [-0.39, 0.29) is 12.2 Å². The Kier molecular flexibility index (Phi) is 3.74. The van der Waals surface area contributed by atoms with Crippen LogP contribution in [0.25, 0.3) is 0 Å². The third-order valence-electron chi connectivity index (χ3n) is 2.70. The fourth-order valence-corrected chi connectivity index (χ4v) is 1.61. The van der Waals surface area contributed by atoms with Crippen LogP contribution in [-0.4, -0.2) is 21.9 Å². The van der Waals surface area contributed by atoms with Crippen LogP contribution in [-0.2, 0) is 13.2 Å². The Labute approximate surface area is 105 Å². The van der Waals surface area contributed by atoms with Crippen LogP contribution in [0.5, 0.6) is 0 Å². The van der Waals surface area contributed by atoms with Crippen LogP contribution in [0.1, 0.15) is 11.1 Å². The van der Waals surface area contributed by atoms with Gasteiger partial charge in [-0.1, -0.05) is 24.3 Å². The molecule has 0 amide bonds. The second-order valence-electron chi connectivity index (χ2n) is 3.96. The molecular formula is C13H15N3O2. The molecule has 0 spiro atoms. The maximum absolute atomic E-state index is 11.7. The lowest BCUT2D eigenvalue weighted by Gasteiger charge is -2.06. The molecule has 0 atom stereocenters. The number of nitrogens with zero attached hydrogens (tertiary/aromatic N) is 2. The molecule has 2 aromatic rings. The molecule has 5 heteroatoms. The van der Waals surface area contributed by atoms with E-state index in [1.807, 2.05) is 24.3 Å². The summed E-state index contributed by atoms with van der Waals surface area (Å²) in [4.78, 5) is 11.7. The molecule has 0 saturated carbocycles. The van der Waals surface area contributed by atoms with Gasteiger partial charge in [0.15, 0.2) is 0 Å². The minimum absolute atomic E-state index is 0.0232. The van der Waals surface area contributed by atoms with Crippen LogP contribution >= 0.6 is 0 Å². The highest BCUT2D eigenvalue weighted by Gasteiger charge is 2.01. The van der Waals surface area contributed by atoms with Crippen LogP contribution < -0.4 is 10.9 Å². The zero-order chi connectivity index (χ0) is 13.0. The van der Waals surface area contributed by atoms with Crippen molar-refractivity contribution in [1.29, 1.82) is 0 Å². The third kappa shape index (κ3) is 2.75. The molecule has 0 bridgehead atoms. The fraction of sp³-hybridized carbons (Fsp3) is 0.231. The number of nitrogens with one attached hydrogen (secondary N) is 1. The molecule has 0 fully saturated rings. The van der Waals surface area contributed by atoms with Crippen molar-refractivity contribution in [3.63, 3.8) is 0 Å². The van der Waals surface area contributed by atoms with Crippen molar-refractivity contribution < 1.29 is 5.11 Å². The Morgan fingerprint density at radius 2 is 1.94 bits per heavy atom. The molecule has 1 heterocycles. The molecule has 18 heavy (non-hydrogen) atoms. The van der Waals surface area contributed by atoms with Crippen molar-refractivity contribution in [2.75, 3.05) is 12.4 Å². The SMILES string of the molecule is CNc1cnn(Cc2ccc(CO)cc2)c(=O)c1. The van der Waals surface area contributed by atoms with Crippen molar-refractivity contribution in [3.05, 3.63) is 58.0 Å². The molecule has 5 nitrogen and oxygen atoms in total. The lowest BCUT2D eigenvalue weighted by molar-refractivity contribution is 0.282. The first-order valence-electron chi connectivity index (χ1n) is 5.66. The van der Waals surface area contributed by atoms with Gasteiger partial charge in [-0.15, -0.1) is 0 Å². The Morgan fingerprint density at radius 3 is 2.50 bits per heavy atom. The number of aliphatic hydroxyl groups excluding tert-OH is 1. The van der Waals surface area contributed by atoms with E-state index < -0.39 is 0 Å². The van der Waals surface area contributed by atoms with Gasteiger partial charge in [-0.05, 0) is 11.1 Å². The fourth-order valence-electron chi connectivity index (χ4n) is 1.61. The van der Waals surface area contributed by atoms with Crippen LogP contribution in [0, 0.1) is 0 Å². The molecule has 94 valence electrons. The van der Waals surface area contributed by atoms with Gasteiger partial charge in [0.2, 0.25) is 0 Å². The molecule has 0 saturated heterocycles. The van der Waals surface area contributed by atoms with Gasteiger partial charge >= 0.3 is 0 Å². The van der Waals surface area contributed by atoms with E-state index in [4.69, 9.17) is 5.11 Å². The van der Waals surface area contributed by atoms with E-state index in [2.05, 4.69) is 10.4 Å². The normalized spacial score (nSPS) is 10.3. The lowest BCUT2D eigenvalue weighted by Crippen LogP contribution is -2.22. The first-order chi connectivity index (χ1) is 8.72. The van der Waals surface area contributed by atoms with Gasteiger partial charge in [-0.3, -0.25) is 4.79 Å². The van der Waals surface area contributed by atoms with Gasteiger partial charge in [0.25, 0.3) is 5.56 Å². The van der Waals surface area contributed by atoms with Gasteiger partial charge in [0.1, 0.15) is 0 Å². The highest BCUT2D eigenvalue weighted by atomic mass is 16.3. The molecule has 1 aromatic heterocycles. The largest absolute Gasteiger partial charge is 0.392 e. The summed E-state index contributed by atoms with van der Waals surface area (Å²) in [7, 11) is 1.74. The monoisotopic (exact) mass is 245 g/mol. The summed E-state index contributed by atoms with van der Waals surface area (Å²) in [6.07, 6.45) is 1.61. The van der Waals surface area contributed by atoms with Gasteiger partial charge in [-0.25, -0.2) is 4.68 Å². The first-order valence-corrected chi connectivity index (χ1v) is 5.66. The minimum atomic E-state index is -0.145. The van der Waals surface area contributed by atoms with Crippen molar-refractivity contribution in [3.8, 4) is 0 Å². The predicted octanol–water partition coefficient (Wildman–Crippen LogP) is 0.826. The number of hydrogen-bond acceptors (Lipinski definition) is 4. The lowest BCUT2D eigenvalue weighted by atomic mass is 10.1. The predicted molar refractivity (Wildman–Crippen MR) is 69.5 cm³/mol. The van der Waals surface area contributed by atoms with Crippen molar-refractivity contribution in [2.24, 2.45) is 0 Å². The van der Waals surface area contributed by atoms with E-state index in [0.29, 0.717) is 12.2 Å². The van der Waals surface area contributed by atoms with Gasteiger partial charge in [0.05, 0.1) is 25.0 Å². The summed E-state index contributed by atoms with van der Waals surface area (Å²) in [5.74, 6) is 0. The van der Waals surface area contributed by atoms with Crippen LogP contribution in [0.4, 0.5) is 5.69 Å². The van der Waals surface area contributed by atoms with Crippen LogP contribution in [0.2, 0.25) is 0 Å². The Balaban J connectivity index is 2.20. The van der Waals surface area contributed by atoms with Crippen molar-refractivity contribution >= 4 is 5.69 Å². The second kappa shape index (κ2) is 5.46. The minimum Gasteiger partial charge on any atom is -0.392 e. The summed E-state index contributed by atoms with van der Waals surface area (Å²) in [5, 5.41) is 15.9. The second-order valence-corrected chi connectivity index (χ2v) is 3.96. The number of aliphatic hydroxyl groups is 1. The molecule has 0 aliphatic rings. The van der Waals surface area contributed by atoms with Crippen molar-refractivity contribution in [1.82, 2.24) is 9.78 Å². The van der Waals surface area contributed by atoms with Crippen molar-refractivity contribution in [2.45, 2.75) is 13.2 Å². The zero-order valence-electron chi connectivity index (χ0n) is 10.1. The smallest absolute Gasteiger partial charge is 0.269 e. The summed E-state index contributed by atoms with van der Waals surface area (Å²) in [6.45, 7) is 0.448. The average molecular weight is 245 g/mol. The molecule has 2 N–H and O–H groups in total. The summed E-state index contributed by atoms with van der Waals surface area (Å²) >= 11 is 0. The van der Waals surface area contributed by atoms with E-state index in [9.17, 15) is 4.79 Å². The number of rotatable bonds is 4. The highest BCUT2D eigenvalue weighted by Crippen LogP contribution is 2.05. The molecule has 1 aromatic carbocycles.